The molecule has 4 heteroatoms. The molecule has 0 unspecified atom stereocenters. The highest BCUT2D eigenvalue weighted by molar-refractivity contribution is 6.35. The van der Waals surface area contributed by atoms with E-state index in [9.17, 15) is 0 Å². The van der Waals surface area contributed by atoms with Gasteiger partial charge < -0.3 is 9.84 Å². The summed E-state index contributed by atoms with van der Waals surface area (Å²) in [6, 6.07) is 3.17. The summed E-state index contributed by atoms with van der Waals surface area (Å²) in [5.74, 6) is 2.89. The maximum absolute atomic E-state index is 9.09. The smallest absolute Gasteiger partial charge is 0.143 e. The third-order valence-corrected chi connectivity index (χ3v) is 2.25. The molecule has 0 aromatic heterocycles. The van der Waals surface area contributed by atoms with Gasteiger partial charge >= 0.3 is 0 Å². The molecule has 15 heavy (non-hydrogen) atoms. The van der Waals surface area contributed by atoms with Gasteiger partial charge in [-0.25, -0.2) is 0 Å². The van der Waals surface area contributed by atoms with E-state index in [4.69, 9.17) is 39.5 Å². The maximum atomic E-state index is 9.09. The van der Waals surface area contributed by atoms with E-state index >= 15 is 0 Å². The van der Waals surface area contributed by atoms with E-state index in [-0.39, 0.29) is 6.61 Å². The Balaban J connectivity index is 2.90. The Kier molecular flexibility index (Phi) is 4.77. The van der Waals surface area contributed by atoms with Crippen molar-refractivity contribution in [1.29, 1.82) is 0 Å². The fraction of sp³-hybridized carbons (Fsp3) is 0.273. The average molecular weight is 245 g/mol. The molecule has 80 valence electrons. The van der Waals surface area contributed by atoms with E-state index in [1.165, 1.54) is 0 Å². The monoisotopic (exact) mass is 244 g/mol. The Bertz CT molecular complexity index is 383. The number of hydrogen-bond acceptors (Lipinski definition) is 2. The van der Waals surface area contributed by atoms with Crippen molar-refractivity contribution < 1.29 is 9.84 Å². The highest BCUT2D eigenvalue weighted by Gasteiger charge is 2.09. The van der Waals surface area contributed by atoms with Gasteiger partial charge in [-0.05, 0) is 12.1 Å². The summed E-state index contributed by atoms with van der Waals surface area (Å²) in [5.41, 5.74) is 0.560. The predicted molar refractivity (Wildman–Crippen MR) is 61.3 cm³/mol. The topological polar surface area (TPSA) is 29.5 Å². The number of rotatable bonds is 4. The van der Waals surface area contributed by atoms with Crippen LogP contribution < -0.4 is 4.74 Å². The second-order valence-electron chi connectivity index (χ2n) is 2.84. The van der Waals surface area contributed by atoms with E-state index in [1.54, 1.807) is 12.1 Å². The van der Waals surface area contributed by atoms with Crippen LogP contribution in [0.4, 0.5) is 0 Å². The van der Waals surface area contributed by atoms with Crippen molar-refractivity contribution in [2.75, 3.05) is 6.61 Å². The summed E-state index contributed by atoms with van der Waals surface area (Å²) in [6.45, 7) is 0.191. The molecular formula is C11H10Cl2O2. The average Bonchev–Trinajstić information content (AvgIpc) is 2.20. The quantitative estimate of drug-likeness (QED) is 0.652. The summed E-state index contributed by atoms with van der Waals surface area (Å²) in [5, 5.41) is 9.93. The Labute approximate surface area is 98.8 Å². The van der Waals surface area contributed by atoms with Crippen LogP contribution in [0.15, 0.2) is 12.1 Å². The molecule has 0 fully saturated rings. The third kappa shape index (κ3) is 3.32. The zero-order valence-electron chi connectivity index (χ0n) is 7.96. The molecule has 0 heterocycles. The highest BCUT2D eigenvalue weighted by Crippen LogP contribution is 2.32. The van der Waals surface area contributed by atoms with Gasteiger partial charge in [0, 0.05) is 17.0 Å². The molecule has 2 nitrogen and oxygen atoms in total. The second kappa shape index (κ2) is 5.87. The molecule has 1 aromatic carbocycles. The molecular weight excluding hydrogens is 235 g/mol. The van der Waals surface area contributed by atoms with Crippen LogP contribution in [-0.2, 0) is 6.61 Å². The first kappa shape index (κ1) is 12.2. The molecule has 0 saturated carbocycles. The summed E-state index contributed by atoms with van der Waals surface area (Å²) in [4.78, 5) is 0. The Morgan fingerprint density at radius 3 is 2.73 bits per heavy atom. The van der Waals surface area contributed by atoms with Crippen molar-refractivity contribution >= 4 is 23.2 Å². The standard InChI is InChI=1S/C11H10Cl2O2/c1-2-3-4-15-11-8(7-14)5-9(12)6-10(11)13/h1,5-6,14H,3-4,7H2. The van der Waals surface area contributed by atoms with Gasteiger partial charge in [-0.2, -0.15) is 0 Å². The van der Waals surface area contributed by atoms with E-state index in [0.29, 0.717) is 34.4 Å². The number of terminal acetylenes is 1. The SMILES string of the molecule is C#CCCOc1c(Cl)cc(Cl)cc1CO. The predicted octanol–water partition coefficient (Wildman–Crippen LogP) is 2.89. The van der Waals surface area contributed by atoms with Crippen LogP contribution in [0.1, 0.15) is 12.0 Å². The van der Waals surface area contributed by atoms with Gasteiger partial charge in [0.05, 0.1) is 18.2 Å². The minimum Gasteiger partial charge on any atom is -0.491 e. The summed E-state index contributed by atoms with van der Waals surface area (Å²) in [7, 11) is 0. The number of benzene rings is 1. The zero-order valence-corrected chi connectivity index (χ0v) is 9.48. The summed E-state index contributed by atoms with van der Waals surface area (Å²) < 4.78 is 5.36. The number of ether oxygens (including phenoxy) is 1. The Morgan fingerprint density at radius 2 is 2.13 bits per heavy atom. The lowest BCUT2D eigenvalue weighted by molar-refractivity contribution is 0.265. The van der Waals surface area contributed by atoms with E-state index in [1.807, 2.05) is 0 Å². The van der Waals surface area contributed by atoms with Crippen LogP contribution in [0.3, 0.4) is 0 Å². The Morgan fingerprint density at radius 1 is 1.40 bits per heavy atom. The van der Waals surface area contributed by atoms with Crippen molar-refractivity contribution in [2.24, 2.45) is 0 Å². The van der Waals surface area contributed by atoms with Crippen molar-refractivity contribution in [2.45, 2.75) is 13.0 Å². The molecule has 0 saturated heterocycles. The number of aliphatic hydroxyl groups is 1. The molecule has 0 radical (unpaired) electrons. The fourth-order valence-electron chi connectivity index (χ4n) is 1.10. The molecule has 0 aliphatic heterocycles. The van der Waals surface area contributed by atoms with Crippen molar-refractivity contribution in [1.82, 2.24) is 0 Å². The molecule has 1 aromatic rings. The van der Waals surface area contributed by atoms with E-state index < -0.39 is 0 Å². The van der Waals surface area contributed by atoms with Crippen molar-refractivity contribution in [3.05, 3.63) is 27.7 Å². The van der Waals surface area contributed by atoms with E-state index in [2.05, 4.69) is 5.92 Å². The van der Waals surface area contributed by atoms with Crippen LogP contribution in [0, 0.1) is 12.3 Å². The second-order valence-corrected chi connectivity index (χ2v) is 3.68. The van der Waals surface area contributed by atoms with Gasteiger partial charge in [0.1, 0.15) is 5.75 Å². The fourth-order valence-corrected chi connectivity index (χ4v) is 1.69. The third-order valence-electron chi connectivity index (χ3n) is 1.75. The van der Waals surface area contributed by atoms with Gasteiger partial charge in [-0.15, -0.1) is 12.3 Å². The lowest BCUT2D eigenvalue weighted by atomic mass is 10.2. The Hall–Kier alpha value is -0.880. The molecule has 1 rings (SSSR count). The largest absolute Gasteiger partial charge is 0.491 e. The molecule has 0 amide bonds. The maximum Gasteiger partial charge on any atom is 0.143 e. The van der Waals surface area contributed by atoms with Gasteiger partial charge in [0.25, 0.3) is 0 Å². The zero-order chi connectivity index (χ0) is 11.3. The lowest BCUT2D eigenvalue weighted by Crippen LogP contribution is -2.00. The lowest BCUT2D eigenvalue weighted by Gasteiger charge is -2.11. The van der Waals surface area contributed by atoms with E-state index in [0.717, 1.165) is 0 Å². The summed E-state index contributed by atoms with van der Waals surface area (Å²) in [6.07, 6.45) is 5.58. The van der Waals surface area contributed by atoms with Crippen LogP contribution in [0.2, 0.25) is 10.0 Å². The van der Waals surface area contributed by atoms with Crippen molar-refractivity contribution in [3.8, 4) is 18.1 Å². The molecule has 0 atom stereocenters. The van der Waals surface area contributed by atoms with Crippen LogP contribution >= 0.6 is 23.2 Å². The van der Waals surface area contributed by atoms with Crippen molar-refractivity contribution in [3.63, 3.8) is 0 Å². The van der Waals surface area contributed by atoms with Gasteiger partial charge in [0.2, 0.25) is 0 Å². The molecule has 0 aliphatic carbocycles. The normalized spacial score (nSPS) is 9.73. The van der Waals surface area contributed by atoms with Crippen LogP contribution in [0.25, 0.3) is 0 Å². The minimum atomic E-state index is -0.175. The molecule has 0 spiro atoms. The van der Waals surface area contributed by atoms with Gasteiger partial charge in [-0.1, -0.05) is 23.2 Å². The molecule has 0 bridgehead atoms. The molecule has 1 N–H and O–H groups in total. The number of aliphatic hydroxyl groups excluding tert-OH is 1. The van der Waals surface area contributed by atoms with Crippen LogP contribution in [0.5, 0.6) is 5.75 Å². The van der Waals surface area contributed by atoms with Crippen LogP contribution in [-0.4, -0.2) is 11.7 Å². The number of hydrogen-bond donors (Lipinski definition) is 1. The summed E-state index contributed by atoms with van der Waals surface area (Å²) >= 11 is 11.7. The van der Waals surface area contributed by atoms with Gasteiger partial charge in [-0.3, -0.25) is 0 Å². The first-order valence-corrected chi connectivity index (χ1v) is 5.09. The molecule has 0 aliphatic rings. The number of halogens is 2. The first-order chi connectivity index (χ1) is 7.19. The highest BCUT2D eigenvalue weighted by atomic mass is 35.5. The minimum absolute atomic E-state index is 0.175. The van der Waals surface area contributed by atoms with Gasteiger partial charge in [0.15, 0.2) is 0 Å². The first-order valence-electron chi connectivity index (χ1n) is 4.34.